The van der Waals surface area contributed by atoms with Crippen LogP contribution in [-0.2, 0) is 9.53 Å². The molecule has 1 aliphatic heterocycles. The van der Waals surface area contributed by atoms with E-state index < -0.39 is 5.60 Å². The monoisotopic (exact) mass is 367 g/mol. The molecule has 1 unspecified atom stereocenters. The lowest BCUT2D eigenvalue weighted by molar-refractivity contribution is -0.160. The smallest absolute Gasteiger partial charge is 0.254 e. The van der Waals surface area contributed by atoms with Gasteiger partial charge in [0.05, 0.1) is 11.9 Å². The first-order valence-electron chi connectivity index (χ1n) is 10.2. The summed E-state index contributed by atoms with van der Waals surface area (Å²) in [5, 5.41) is 0. The Bertz CT molecular complexity index is 765. The molecule has 2 fully saturated rings. The van der Waals surface area contributed by atoms with Crippen LogP contribution in [0.25, 0.3) is 11.3 Å². The first-order chi connectivity index (χ1) is 13.2. The normalized spacial score (nSPS) is 22.6. The molecule has 5 heteroatoms. The minimum atomic E-state index is -0.599. The van der Waals surface area contributed by atoms with Gasteiger partial charge in [-0.15, -0.1) is 0 Å². The highest BCUT2D eigenvalue weighted by Gasteiger charge is 2.43. The Balaban J connectivity index is 1.48. The Kier molecular flexibility index (Phi) is 5.30. The fraction of sp³-hybridized carbons (Fsp3) is 0.545. The second-order valence-corrected chi connectivity index (χ2v) is 7.90. The second kappa shape index (κ2) is 7.85. The number of nitrogens with one attached hydrogen (secondary N) is 1. The molecule has 2 heterocycles. The van der Waals surface area contributed by atoms with E-state index in [9.17, 15) is 4.79 Å². The SMILES string of the molecule is COC1(C(=O)N2CCCC(c3ncc(-c4ccccc4)[nH]3)C2)CCCCC1. The van der Waals surface area contributed by atoms with Crippen molar-refractivity contribution in [3.8, 4) is 11.3 Å². The molecule has 1 saturated carbocycles. The fourth-order valence-electron chi connectivity index (χ4n) is 4.61. The van der Waals surface area contributed by atoms with Gasteiger partial charge in [0.25, 0.3) is 5.91 Å². The van der Waals surface area contributed by atoms with E-state index >= 15 is 0 Å². The summed E-state index contributed by atoms with van der Waals surface area (Å²) >= 11 is 0. The number of hydrogen-bond donors (Lipinski definition) is 1. The van der Waals surface area contributed by atoms with Crippen molar-refractivity contribution in [3.05, 3.63) is 42.4 Å². The fourth-order valence-corrected chi connectivity index (χ4v) is 4.61. The summed E-state index contributed by atoms with van der Waals surface area (Å²) in [6.07, 6.45) is 9.04. The van der Waals surface area contributed by atoms with E-state index in [4.69, 9.17) is 4.74 Å². The van der Waals surface area contributed by atoms with E-state index in [0.717, 1.165) is 68.7 Å². The summed E-state index contributed by atoms with van der Waals surface area (Å²) in [5.74, 6) is 1.43. The largest absolute Gasteiger partial charge is 0.368 e. The molecule has 27 heavy (non-hydrogen) atoms. The number of imidazole rings is 1. The predicted molar refractivity (Wildman–Crippen MR) is 105 cm³/mol. The molecule has 4 rings (SSSR count). The van der Waals surface area contributed by atoms with Crippen LogP contribution in [0, 0.1) is 0 Å². The highest BCUT2D eigenvalue weighted by atomic mass is 16.5. The molecule has 1 amide bonds. The number of carbonyl (C=O) groups is 1. The summed E-state index contributed by atoms with van der Waals surface area (Å²) in [5.41, 5.74) is 1.58. The van der Waals surface area contributed by atoms with Crippen LogP contribution in [0.2, 0.25) is 0 Å². The van der Waals surface area contributed by atoms with Crippen molar-refractivity contribution >= 4 is 5.91 Å². The number of piperidine rings is 1. The van der Waals surface area contributed by atoms with Crippen molar-refractivity contribution < 1.29 is 9.53 Å². The molecule has 1 aliphatic carbocycles. The van der Waals surface area contributed by atoms with Crippen LogP contribution in [0.5, 0.6) is 0 Å². The Morgan fingerprint density at radius 2 is 1.96 bits per heavy atom. The molecule has 1 aromatic heterocycles. The van der Waals surface area contributed by atoms with Crippen molar-refractivity contribution in [1.82, 2.24) is 14.9 Å². The van der Waals surface area contributed by atoms with Crippen molar-refractivity contribution in [2.24, 2.45) is 0 Å². The Morgan fingerprint density at radius 3 is 2.70 bits per heavy atom. The van der Waals surface area contributed by atoms with Crippen LogP contribution >= 0.6 is 0 Å². The summed E-state index contributed by atoms with van der Waals surface area (Å²) < 4.78 is 5.78. The molecule has 1 aromatic carbocycles. The molecule has 2 aromatic rings. The topological polar surface area (TPSA) is 58.2 Å². The van der Waals surface area contributed by atoms with Crippen LogP contribution < -0.4 is 0 Å². The number of aromatic amines is 1. The molecular weight excluding hydrogens is 338 g/mol. The number of methoxy groups -OCH3 is 1. The third-order valence-electron chi connectivity index (χ3n) is 6.22. The summed E-state index contributed by atoms with van der Waals surface area (Å²) in [6, 6.07) is 10.2. The molecule has 2 aliphatic rings. The van der Waals surface area contributed by atoms with Gasteiger partial charge in [-0.1, -0.05) is 49.6 Å². The van der Waals surface area contributed by atoms with Crippen molar-refractivity contribution in [1.29, 1.82) is 0 Å². The van der Waals surface area contributed by atoms with Gasteiger partial charge in [0.2, 0.25) is 0 Å². The number of H-pyrrole nitrogens is 1. The van der Waals surface area contributed by atoms with E-state index in [1.165, 1.54) is 6.42 Å². The number of aromatic nitrogens is 2. The van der Waals surface area contributed by atoms with Crippen LogP contribution in [0.4, 0.5) is 0 Å². The molecule has 1 N–H and O–H groups in total. The van der Waals surface area contributed by atoms with Gasteiger partial charge in [-0.05, 0) is 31.2 Å². The lowest BCUT2D eigenvalue weighted by atomic mass is 9.82. The van der Waals surface area contributed by atoms with Crippen LogP contribution in [0.1, 0.15) is 56.7 Å². The van der Waals surface area contributed by atoms with Gasteiger partial charge in [-0.3, -0.25) is 4.79 Å². The minimum absolute atomic E-state index is 0.184. The van der Waals surface area contributed by atoms with Gasteiger partial charge in [0, 0.05) is 26.1 Å². The molecule has 0 spiro atoms. The van der Waals surface area contributed by atoms with E-state index in [1.54, 1.807) is 7.11 Å². The van der Waals surface area contributed by atoms with E-state index in [2.05, 4.69) is 22.1 Å². The third-order valence-corrected chi connectivity index (χ3v) is 6.22. The van der Waals surface area contributed by atoms with Gasteiger partial charge in [0.1, 0.15) is 11.4 Å². The number of hydrogen-bond acceptors (Lipinski definition) is 3. The maximum absolute atomic E-state index is 13.3. The van der Waals surface area contributed by atoms with Crippen molar-refractivity contribution in [2.75, 3.05) is 20.2 Å². The molecule has 5 nitrogen and oxygen atoms in total. The number of nitrogens with zero attached hydrogens (tertiary/aromatic N) is 2. The second-order valence-electron chi connectivity index (χ2n) is 7.90. The van der Waals surface area contributed by atoms with Crippen molar-refractivity contribution in [2.45, 2.75) is 56.5 Å². The first kappa shape index (κ1) is 18.2. The number of rotatable bonds is 4. The molecule has 0 bridgehead atoms. The molecule has 1 saturated heterocycles. The molecular formula is C22H29N3O2. The lowest BCUT2D eigenvalue weighted by Crippen LogP contribution is -2.53. The van der Waals surface area contributed by atoms with E-state index in [1.807, 2.05) is 29.3 Å². The van der Waals surface area contributed by atoms with Crippen molar-refractivity contribution in [3.63, 3.8) is 0 Å². The van der Waals surface area contributed by atoms with Gasteiger partial charge in [-0.25, -0.2) is 4.98 Å². The summed E-state index contributed by atoms with van der Waals surface area (Å²) in [4.78, 5) is 23.4. The Labute approximate surface area is 161 Å². The quantitative estimate of drug-likeness (QED) is 0.884. The highest BCUT2D eigenvalue weighted by Crippen LogP contribution is 2.35. The Morgan fingerprint density at radius 1 is 1.19 bits per heavy atom. The lowest BCUT2D eigenvalue weighted by Gasteiger charge is -2.41. The third kappa shape index (κ3) is 3.65. The molecule has 144 valence electrons. The maximum atomic E-state index is 13.3. The number of carbonyl (C=O) groups excluding carboxylic acids is 1. The van der Waals surface area contributed by atoms with Gasteiger partial charge in [0.15, 0.2) is 0 Å². The number of likely N-dealkylation sites (tertiary alicyclic amines) is 1. The first-order valence-corrected chi connectivity index (χ1v) is 10.2. The predicted octanol–water partition coefficient (Wildman–Crippen LogP) is 4.13. The molecule has 0 radical (unpaired) electrons. The average molecular weight is 367 g/mol. The van der Waals surface area contributed by atoms with Gasteiger partial charge >= 0.3 is 0 Å². The highest BCUT2D eigenvalue weighted by molar-refractivity contribution is 5.85. The maximum Gasteiger partial charge on any atom is 0.254 e. The summed E-state index contributed by atoms with van der Waals surface area (Å²) in [7, 11) is 1.70. The zero-order valence-electron chi connectivity index (χ0n) is 16.1. The van der Waals surface area contributed by atoms with Crippen LogP contribution in [0.15, 0.2) is 36.5 Å². The number of ether oxygens (including phenoxy) is 1. The standard InChI is InChI=1S/C22H29N3O2/c1-27-22(12-6-3-7-13-22)21(26)25-14-8-11-18(16-25)20-23-15-19(24-20)17-9-4-2-5-10-17/h2,4-5,9-10,15,18H,3,6-8,11-14,16H2,1H3,(H,23,24). The zero-order chi connectivity index (χ0) is 18.7. The number of benzene rings is 1. The van der Waals surface area contributed by atoms with E-state index in [0.29, 0.717) is 0 Å². The van der Waals surface area contributed by atoms with E-state index in [-0.39, 0.29) is 11.8 Å². The van der Waals surface area contributed by atoms with Crippen LogP contribution in [0.3, 0.4) is 0 Å². The van der Waals surface area contributed by atoms with Gasteiger partial charge in [-0.2, -0.15) is 0 Å². The summed E-state index contributed by atoms with van der Waals surface area (Å²) in [6.45, 7) is 1.55. The molecule has 1 atom stereocenters. The average Bonchev–Trinajstić information content (AvgIpc) is 3.25. The van der Waals surface area contributed by atoms with Crippen LogP contribution in [-0.4, -0.2) is 46.6 Å². The zero-order valence-corrected chi connectivity index (χ0v) is 16.1. The van der Waals surface area contributed by atoms with Gasteiger partial charge < -0.3 is 14.6 Å². The number of amides is 1. The Hall–Kier alpha value is -2.14. The minimum Gasteiger partial charge on any atom is -0.368 e.